The first-order chi connectivity index (χ1) is 16.0. The van der Waals surface area contributed by atoms with Gasteiger partial charge in [-0.15, -0.1) is 5.92 Å². The second-order valence-electron chi connectivity index (χ2n) is 8.21. The molecular weight excluding hydrogens is 440 g/mol. The molecule has 0 saturated carbocycles. The number of benzene rings is 1. The van der Waals surface area contributed by atoms with Gasteiger partial charge in [-0.25, -0.2) is 14.6 Å². The first kappa shape index (κ1) is 23.1. The Bertz CT molecular complexity index is 1220. The predicted octanol–water partition coefficient (Wildman–Crippen LogP) is 3.82. The summed E-state index contributed by atoms with van der Waals surface area (Å²) in [5, 5.41) is 21.4. The third-order valence-electron chi connectivity index (χ3n) is 5.71. The van der Waals surface area contributed by atoms with Crippen LogP contribution < -0.4 is 10.6 Å². The van der Waals surface area contributed by atoms with E-state index in [-0.39, 0.29) is 12.0 Å². The highest BCUT2D eigenvalue weighted by atomic mass is 35.5. The van der Waals surface area contributed by atoms with Gasteiger partial charge in [-0.3, -0.25) is 0 Å². The number of rotatable bonds is 8. The number of hydrogen-bond acceptors (Lipinski definition) is 7. The molecular formula is C24H27ClN6O2. The lowest BCUT2D eigenvalue weighted by atomic mass is 9.83. The van der Waals surface area contributed by atoms with Crippen molar-refractivity contribution in [3.05, 3.63) is 46.7 Å². The number of methoxy groups -OCH3 is 1. The number of aromatic nitrogens is 4. The molecule has 33 heavy (non-hydrogen) atoms. The minimum Gasteiger partial charge on any atom is -0.395 e. The Morgan fingerprint density at radius 3 is 2.97 bits per heavy atom. The standard InChI is InChI=1S/C24H27ClN6O2/c1-4-6-16-11-17(12-18-22(16)27-14-24(18,2)15-32)19-7-8-26-23(28-19)29-21-13-20(25)30-31(21)9-5-10-33-3/h7-8,11-13,27,32H,5,9-10,14-15H2,1-3H3,(H,26,28,29)/t24-/m1/s1. The van der Waals surface area contributed by atoms with Crippen LogP contribution in [0.5, 0.6) is 0 Å². The van der Waals surface area contributed by atoms with Crippen molar-refractivity contribution in [2.24, 2.45) is 0 Å². The van der Waals surface area contributed by atoms with Gasteiger partial charge in [0.05, 0.1) is 18.0 Å². The molecule has 0 fully saturated rings. The van der Waals surface area contributed by atoms with Crippen molar-refractivity contribution in [2.45, 2.75) is 32.2 Å². The van der Waals surface area contributed by atoms with Crippen molar-refractivity contribution >= 4 is 29.1 Å². The average Bonchev–Trinajstić information content (AvgIpc) is 3.34. The number of nitrogens with zero attached hydrogens (tertiary/aromatic N) is 4. The van der Waals surface area contributed by atoms with Crippen LogP contribution in [-0.2, 0) is 16.7 Å². The molecule has 8 nitrogen and oxygen atoms in total. The lowest BCUT2D eigenvalue weighted by Gasteiger charge is -2.21. The van der Waals surface area contributed by atoms with Crippen molar-refractivity contribution in [3.8, 4) is 23.1 Å². The highest BCUT2D eigenvalue weighted by molar-refractivity contribution is 6.29. The number of aryl methyl sites for hydroxylation is 1. The molecule has 1 atom stereocenters. The molecule has 0 unspecified atom stereocenters. The number of halogens is 1. The number of aliphatic hydroxyl groups is 1. The number of hydrogen-bond donors (Lipinski definition) is 3. The van der Waals surface area contributed by atoms with Gasteiger partial charge in [-0.05, 0) is 37.1 Å². The number of anilines is 3. The molecule has 1 aliphatic rings. The lowest BCUT2D eigenvalue weighted by Crippen LogP contribution is -2.28. The normalized spacial score (nSPS) is 16.6. The predicted molar refractivity (Wildman–Crippen MR) is 130 cm³/mol. The minimum absolute atomic E-state index is 0.0415. The summed E-state index contributed by atoms with van der Waals surface area (Å²) in [4.78, 5) is 9.09. The maximum atomic E-state index is 10.0. The topological polar surface area (TPSA) is 97.1 Å². The van der Waals surface area contributed by atoms with E-state index < -0.39 is 0 Å². The van der Waals surface area contributed by atoms with Gasteiger partial charge in [0.15, 0.2) is 5.15 Å². The van der Waals surface area contributed by atoms with Gasteiger partial charge in [0.1, 0.15) is 5.82 Å². The van der Waals surface area contributed by atoms with E-state index >= 15 is 0 Å². The number of aliphatic hydroxyl groups excluding tert-OH is 1. The zero-order valence-electron chi connectivity index (χ0n) is 18.9. The molecule has 2 aromatic heterocycles. The van der Waals surface area contributed by atoms with Crippen molar-refractivity contribution in [3.63, 3.8) is 0 Å². The molecule has 3 N–H and O–H groups in total. The second-order valence-corrected chi connectivity index (χ2v) is 8.59. The van der Waals surface area contributed by atoms with Crippen LogP contribution in [-0.4, -0.2) is 51.7 Å². The number of ether oxygens (including phenoxy) is 1. The largest absolute Gasteiger partial charge is 0.395 e. The van der Waals surface area contributed by atoms with E-state index in [0.29, 0.717) is 36.6 Å². The Balaban J connectivity index is 1.67. The summed E-state index contributed by atoms with van der Waals surface area (Å²) in [6.45, 7) is 5.84. The van der Waals surface area contributed by atoms with E-state index in [1.165, 1.54) is 0 Å². The summed E-state index contributed by atoms with van der Waals surface area (Å²) < 4.78 is 6.90. The molecule has 0 radical (unpaired) electrons. The molecule has 1 aromatic carbocycles. The molecule has 0 spiro atoms. The Morgan fingerprint density at radius 2 is 2.21 bits per heavy atom. The van der Waals surface area contributed by atoms with Crippen molar-refractivity contribution in [1.29, 1.82) is 0 Å². The van der Waals surface area contributed by atoms with E-state index in [1.807, 2.05) is 26.0 Å². The van der Waals surface area contributed by atoms with Crippen LogP contribution in [0, 0.1) is 11.8 Å². The highest BCUT2D eigenvalue weighted by Crippen LogP contribution is 2.41. The first-order valence-electron chi connectivity index (χ1n) is 10.8. The summed E-state index contributed by atoms with van der Waals surface area (Å²) in [7, 11) is 1.67. The van der Waals surface area contributed by atoms with Gasteiger partial charge in [0.25, 0.3) is 0 Å². The van der Waals surface area contributed by atoms with Crippen LogP contribution in [0.25, 0.3) is 11.3 Å². The van der Waals surface area contributed by atoms with Gasteiger partial charge in [-0.2, -0.15) is 5.10 Å². The Labute approximate surface area is 198 Å². The third kappa shape index (κ3) is 4.81. The fourth-order valence-corrected chi connectivity index (χ4v) is 4.11. The van der Waals surface area contributed by atoms with Crippen LogP contribution in [0.2, 0.25) is 5.15 Å². The first-order valence-corrected chi connectivity index (χ1v) is 11.1. The minimum atomic E-state index is -0.380. The van der Waals surface area contributed by atoms with E-state index in [0.717, 1.165) is 34.5 Å². The molecule has 0 aliphatic carbocycles. The van der Waals surface area contributed by atoms with Gasteiger partial charge in [-0.1, -0.05) is 24.4 Å². The molecule has 4 rings (SSSR count). The molecule has 9 heteroatoms. The molecule has 0 bridgehead atoms. The smallest absolute Gasteiger partial charge is 0.228 e. The fraction of sp³-hybridized carbons (Fsp3) is 0.375. The Kier molecular flexibility index (Phi) is 6.84. The Hall–Kier alpha value is -3.12. The van der Waals surface area contributed by atoms with Gasteiger partial charge in [0.2, 0.25) is 5.95 Å². The van der Waals surface area contributed by atoms with Crippen LogP contribution in [0.4, 0.5) is 17.5 Å². The zero-order valence-corrected chi connectivity index (χ0v) is 19.7. The SMILES string of the molecule is CC#Cc1cc(-c2ccnc(Nc3cc(Cl)nn3CCCOC)n2)cc2c1NC[C@]2(C)CO. The number of fused-ring (bicyclic) bond motifs is 1. The van der Waals surface area contributed by atoms with Crippen molar-refractivity contribution < 1.29 is 9.84 Å². The Morgan fingerprint density at radius 1 is 1.36 bits per heavy atom. The lowest BCUT2D eigenvalue weighted by molar-refractivity contribution is 0.189. The monoisotopic (exact) mass is 466 g/mol. The summed E-state index contributed by atoms with van der Waals surface area (Å²) in [6, 6.07) is 7.69. The molecule has 3 heterocycles. The molecule has 0 saturated heterocycles. The van der Waals surface area contributed by atoms with Crippen LogP contribution >= 0.6 is 11.6 Å². The molecule has 0 amide bonds. The second kappa shape index (κ2) is 9.79. The van der Waals surface area contributed by atoms with Crippen LogP contribution in [0.1, 0.15) is 31.4 Å². The maximum absolute atomic E-state index is 10.0. The quantitative estimate of drug-likeness (QED) is 0.343. The van der Waals surface area contributed by atoms with Gasteiger partial charge in [0, 0.05) is 55.6 Å². The van der Waals surface area contributed by atoms with E-state index in [2.05, 4.69) is 38.6 Å². The summed E-state index contributed by atoms with van der Waals surface area (Å²) in [5.74, 6) is 7.30. The third-order valence-corrected chi connectivity index (χ3v) is 5.90. The zero-order chi connectivity index (χ0) is 23.4. The molecule has 172 valence electrons. The molecule has 3 aromatic rings. The van der Waals surface area contributed by atoms with Gasteiger partial charge < -0.3 is 20.5 Å². The van der Waals surface area contributed by atoms with E-state index in [1.54, 1.807) is 24.1 Å². The molecule has 1 aliphatic heterocycles. The fourth-order valence-electron chi connectivity index (χ4n) is 3.92. The van der Waals surface area contributed by atoms with Crippen molar-refractivity contribution in [1.82, 2.24) is 19.7 Å². The van der Waals surface area contributed by atoms with Gasteiger partial charge >= 0.3 is 0 Å². The highest BCUT2D eigenvalue weighted by Gasteiger charge is 2.35. The summed E-state index contributed by atoms with van der Waals surface area (Å²) in [5.41, 5.74) is 4.18. The number of nitrogens with one attached hydrogen (secondary N) is 2. The summed E-state index contributed by atoms with van der Waals surface area (Å²) in [6.07, 6.45) is 2.51. The van der Waals surface area contributed by atoms with E-state index in [4.69, 9.17) is 21.3 Å². The van der Waals surface area contributed by atoms with Crippen molar-refractivity contribution in [2.75, 3.05) is 37.5 Å². The average molecular weight is 467 g/mol. The summed E-state index contributed by atoms with van der Waals surface area (Å²) >= 11 is 6.13. The van der Waals surface area contributed by atoms with Crippen LogP contribution in [0.3, 0.4) is 0 Å². The van der Waals surface area contributed by atoms with E-state index in [9.17, 15) is 5.11 Å². The maximum Gasteiger partial charge on any atom is 0.228 e. The van der Waals surface area contributed by atoms with Crippen LogP contribution in [0.15, 0.2) is 30.5 Å².